The normalized spacial score (nSPS) is 14.3. The highest BCUT2D eigenvalue weighted by molar-refractivity contribution is 14.1. The first-order valence-corrected chi connectivity index (χ1v) is 9.46. The van der Waals surface area contributed by atoms with Gasteiger partial charge in [-0.25, -0.2) is 0 Å². The van der Waals surface area contributed by atoms with Crippen molar-refractivity contribution in [2.45, 2.75) is 44.8 Å². The lowest BCUT2D eigenvalue weighted by Crippen LogP contribution is -2.30. The van der Waals surface area contributed by atoms with Gasteiger partial charge in [-0.1, -0.05) is 55.5 Å². The van der Waals surface area contributed by atoms with Crippen LogP contribution in [0.3, 0.4) is 0 Å². The molecule has 0 N–H and O–H groups in total. The van der Waals surface area contributed by atoms with Crippen LogP contribution < -0.4 is 0 Å². The summed E-state index contributed by atoms with van der Waals surface area (Å²) in [6.07, 6.45) is 4.11. The fourth-order valence-electron chi connectivity index (χ4n) is 1.54. The molecular formula is C10H21ISi. The van der Waals surface area contributed by atoms with E-state index in [4.69, 9.17) is 0 Å². The van der Waals surface area contributed by atoms with Gasteiger partial charge in [-0.05, 0) is 16.4 Å². The highest BCUT2D eigenvalue weighted by Crippen LogP contribution is 2.31. The Balaban J connectivity index is 4.16. The molecule has 0 aromatic heterocycles. The summed E-state index contributed by atoms with van der Waals surface area (Å²) in [5.41, 5.74) is 3.21. The smallest absolute Gasteiger partial charge is 0.0740 e. The monoisotopic (exact) mass is 296 g/mol. The third kappa shape index (κ3) is 4.08. The molecule has 0 nitrogen and oxygen atoms in total. The van der Waals surface area contributed by atoms with Gasteiger partial charge in [0.1, 0.15) is 0 Å². The van der Waals surface area contributed by atoms with Gasteiger partial charge >= 0.3 is 0 Å². The highest BCUT2D eigenvalue weighted by Gasteiger charge is 2.26. The number of hydrogen-bond acceptors (Lipinski definition) is 0. The molecule has 0 spiro atoms. The molecule has 1 atom stereocenters. The molecule has 12 heavy (non-hydrogen) atoms. The minimum atomic E-state index is -1.09. The predicted octanol–water partition coefficient (Wildman–Crippen LogP) is 4.42. The Kier molecular flexibility index (Phi) is 6.54. The highest BCUT2D eigenvalue weighted by atomic mass is 127. The molecule has 2 heteroatoms. The average molecular weight is 296 g/mol. The summed E-state index contributed by atoms with van der Waals surface area (Å²) in [6.45, 7) is 11.1. The van der Waals surface area contributed by atoms with Crippen LogP contribution in [0.2, 0.25) is 18.6 Å². The van der Waals surface area contributed by atoms with Crippen LogP contribution in [-0.2, 0) is 0 Å². The second kappa shape index (κ2) is 6.19. The van der Waals surface area contributed by atoms with Crippen molar-refractivity contribution >= 4 is 30.7 Å². The van der Waals surface area contributed by atoms with Gasteiger partial charge in [-0.15, -0.1) is 12.3 Å². The quantitative estimate of drug-likeness (QED) is 0.387. The molecular weight excluding hydrogens is 275 g/mol. The topological polar surface area (TPSA) is 0 Å². The van der Waals surface area contributed by atoms with Gasteiger partial charge in [-0.2, -0.15) is 0 Å². The van der Waals surface area contributed by atoms with Gasteiger partial charge in [0, 0.05) is 0 Å². The molecule has 0 radical (unpaired) electrons. The second-order valence-electron chi connectivity index (χ2n) is 3.99. The van der Waals surface area contributed by atoms with Gasteiger partial charge in [0.15, 0.2) is 0 Å². The van der Waals surface area contributed by atoms with E-state index >= 15 is 0 Å². The number of rotatable bonds is 6. The first-order valence-electron chi connectivity index (χ1n) is 4.78. The Morgan fingerprint density at radius 1 is 1.42 bits per heavy atom. The van der Waals surface area contributed by atoms with E-state index in [9.17, 15) is 0 Å². The zero-order valence-electron chi connectivity index (χ0n) is 8.57. The van der Waals surface area contributed by atoms with Crippen molar-refractivity contribution in [3.05, 3.63) is 12.3 Å². The largest absolute Gasteiger partial charge is 0.107 e. The van der Waals surface area contributed by atoms with Gasteiger partial charge in [0.2, 0.25) is 0 Å². The minimum Gasteiger partial charge on any atom is -0.107 e. The van der Waals surface area contributed by atoms with Gasteiger partial charge in [0.05, 0.1) is 8.07 Å². The summed E-state index contributed by atoms with van der Waals surface area (Å²) in [5, 5.41) is 0. The fraction of sp³-hybridized carbons (Fsp3) is 0.800. The molecule has 0 fully saturated rings. The molecule has 0 saturated heterocycles. The second-order valence-corrected chi connectivity index (χ2v) is 9.93. The van der Waals surface area contributed by atoms with E-state index in [0.29, 0.717) is 0 Å². The van der Waals surface area contributed by atoms with Crippen molar-refractivity contribution in [2.24, 2.45) is 0 Å². The number of alkyl halides is 1. The summed E-state index contributed by atoms with van der Waals surface area (Å²) in [6, 6.07) is 0. The van der Waals surface area contributed by atoms with E-state index < -0.39 is 8.07 Å². The molecule has 72 valence electrons. The van der Waals surface area contributed by atoms with E-state index in [-0.39, 0.29) is 0 Å². The van der Waals surface area contributed by atoms with Crippen molar-refractivity contribution in [3.8, 4) is 0 Å². The maximum absolute atomic E-state index is 3.98. The molecule has 0 aromatic carbocycles. The summed E-state index contributed by atoms with van der Waals surface area (Å²) < 4.78 is 1.30. The maximum atomic E-state index is 3.98. The Labute approximate surface area is 92.0 Å². The van der Waals surface area contributed by atoms with Crippen LogP contribution in [0, 0.1) is 0 Å². The summed E-state index contributed by atoms with van der Waals surface area (Å²) in [5.74, 6) is 0. The summed E-state index contributed by atoms with van der Waals surface area (Å²) >= 11 is 2.49. The van der Waals surface area contributed by atoms with Gasteiger partial charge < -0.3 is 0 Å². The van der Waals surface area contributed by atoms with Crippen molar-refractivity contribution in [1.82, 2.24) is 0 Å². The maximum Gasteiger partial charge on any atom is 0.0740 e. The van der Waals surface area contributed by atoms with Crippen molar-refractivity contribution in [1.29, 1.82) is 0 Å². The minimum absolute atomic E-state index is 0.955. The van der Waals surface area contributed by atoms with Crippen LogP contribution in [0.5, 0.6) is 0 Å². The lowest BCUT2D eigenvalue weighted by atomic mass is 10.2. The Bertz CT molecular complexity index is 126. The number of hydrogen-bond donors (Lipinski definition) is 0. The molecule has 0 heterocycles. The average Bonchev–Trinajstić information content (AvgIpc) is 2.04. The van der Waals surface area contributed by atoms with Crippen LogP contribution in [0.25, 0.3) is 0 Å². The third-order valence-corrected chi connectivity index (χ3v) is 7.03. The zero-order chi connectivity index (χ0) is 9.61. The lowest BCUT2D eigenvalue weighted by Gasteiger charge is -2.28. The van der Waals surface area contributed by atoms with Gasteiger partial charge in [0.25, 0.3) is 0 Å². The SMILES string of the molecule is C=C[Si](C)(C)C(CCC)CCI. The lowest BCUT2D eigenvalue weighted by molar-refractivity contribution is 0.688. The van der Waals surface area contributed by atoms with Crippen molar-refractivity contribution in [2.75, 3.05) is 4.43 Å². The van der Waals surface area contributed by atoms with Crippen molar-refractivity contribution in [3.63, 3.8) is 0 Å². The van der Waals surface area contributed by atoms with Crippen LogP contribution in [-0.4, -0.2) is 12.5 Å². The third-order valence-electron chi connectivity index (χ3n) is 2.67. The predicted molar refractivity (Wildman–Crippen MR) is 69.8 cm³/mol. The Morgan fingerprint density at radius 2 is 2.00 bits per heavy atom. The molecule has 1 unspecified atom stereocenters. The van der Waals surface area contributed by atoms with Crippen molar-refractivity contribution < 1.29 is 0 Å². The molecule has 0 aliphatic heterocycles. The molecule has 0 aliphatic rings. The van der Waals surface area contributed by atoms with Crippen LogP contribution in [0.4, 0.5) is 0 Å². The first kappa shape index (κ1) is 12.7. The molecule has 0 bridgehead atoms. The molecule has 0 aliphatic carbocycles. The summed E-state index contributed by atoms with van der Waals surface area (Å²) in [4.78, 5) is 0. The standard InChI is InChI=1S/C10H21ISi/c1-5-7-10(8-9-11)12(3,4)6-2/h6,10H,2,5,7-9H2,1,3-4H3. The van der Waals surface area contributed by atoms with E-state index in [1.54, 1.807) is 0 Å². The molecule has 0 rings (SSSR count). The zero-order valence-corrected chi connectivity index (χ0v) is 11.7. The number of halogens is 1. The summed E-state index contributed by atoms with van der Waals surface area (Å²) in [7, 11) is -1.09. The fourth-order valence-corrected chi connectivity index (χ4v) is 5.13. The first-order chi connectivity index (χ1) is 5.58. The molecule has 0 aromatic rings. The van der Waals surface area contributed by atoms with E-state index in [2.05, 4.69) is 54.9 Å². The van der Waals surface area contributed by atoms with Gasteiger partial charge in [-0.3, -0.25) is 0 Å². The Hall–Kier alpha value is 0.687. The van der Waals surface area contributed by atoms with Crippen LogP contribution in [0.15, 0.2) is 12.3 Å². The van der Waals surface area contributed by atoms with Crippen LogP contribution in [0.1, 0.15) is 26.2 Å². The van der Waals surface area contributed by atoms with E-state index in [0.717, 1.165) is 5.54 Å². The van der Waals surface area contributed by atoms with E-state index in [1.165, 1.54) is 23.7 Å². The molecule has 0 amide bonds. The van der Waals surface area contributed by atoms with E-state index in [1.807, 2.05) is 0 Å². The Morgan fingerprint density at radius 3 is 2.33 bits per heavy atom. The van der Waals surface area contributed by atoms with Crippen LogP contribution >= 0.6 is 22.6 Å². The molecule has 0 saturated carbocycles.